The standard InChI is InChI=1S/C19H27ClN2O3/c1-12(2)17(3,11-21)22-15(23)9-25-16(24)18-5-13-4-14(6-18)8-19(20,7-13)10-18/h12-14H,4-10H2,1-3H3,(H,22,23)/t13-,14+,17-,18?,19?/m1/s1. The Kier molecular flexibility index (Phi) is 4.56. The number of nitrogens with one attached hydrogen (secondary N) is 1. The second-order valence-electron chi connectivity index (χ2n) is 8.99. The fourth-order valence-corrected chi connectivity index (χ4v) is 5.99. The van der Waals surface area contributed by atoms with Crippen molar-refractivity contribution in [2.24, 2.45) is 23.2 Å². The maximum Gasteiger partial charge on any atom is 0.312 e. The summed E-state index contributed by atoms with van der Waals surface area (Å²) in [6.07, 6.45) is 5.49. The van der Waals surface area contributed by atoms with Crippen LogP contribution >= 0.6 is 11.6 Å². The van der Waals surface area contributed by atoms with E-state index in [1.54, 1.807) is 6.92 Å². The van der Waals surface area contributed by atoms with Crippen molar-refractivity contribution in [3.8, 4) is 6.07 Å². The molecule has 0 heterocycles. The summed E-state index contributed by atoms with van der Waals surface area (Å²) >= 11 is 6.74. The molecule has 1 N–H and O–H groups in total. The summed E-state index contributed by atoms with van der Waals surface area (Å²) in [4.78, 5) is 24.7. The maximum absolute atomic E-state index is 12.8. The first-order valence-electron chi connectivity index (χ1n) is 9.18. The number of ether oxygens (including phenoxy) is 1. The summed E-state index contributed by atoms with van der Waals surface area (Å²) in [6.45, 7) is 5.07. The zero-order valence-corrected chi connectivity index (χ0v) is 16.0. The van der Waals surface area contributed by atoms with Crippen molar-refractivity contribution in [3.63, 3.8) is 0 Å². The minimum Gasteiger partial charge on any atom is -0.455 e. The Morgan fingerprint density at radius 1 is 1.32 bits per heavy atom. The van der Waals surface area contributed by atoms with Gasteiger partial charge in [0, 0.05) is 4.87 Å². The van der Waals surface area contributed by atoms with Crippen LogP contribution in [0.2, 0.25) is 0 Å². The highest BCUT2D eigenvalue weighted by molar-refractivity contribution is 6.24. The van der Waals surface area contributed by atoms with Crippen molar-refractivity contribution < 1.29 is 14.3 Å². The predicted octanol–water partition coefficient (Wildman–Crippen LogP) is 3.16. The van der Waals surface area contributed by atoms with Gasteiger partial charge in [0.15, 0.2) is 6.61 Å². The van der Waals surface area contributed by atoms with E-state index >= 15 is 0 Å². The van der Waals surface area contributed by atoms with Gasteiger partial charge in [0.1, 0.15) is 5.54 Å². The number of halogens is 1. The van der Waals surface area contributed by atoms with Gasteiger partial charge in [-0.2, -0.15) is 5.26 Å². The zero-order valence-electron chi connectivity index (χ0n) is 15.2. The van der Waals surface area contributed by atoms with Crippen LogP contribution in [0.5, 0.6) is 0 Å². The lowest BCUT2D eigenvalue weighted by atomic mass is 9.49. The second kappa shape index (κ2) is 6.16. The van der Waals surface area contributed by atoms with Gasteiger partial charge in [0.2, 0.25) is 0 Å². The molecule has 2 unspecified atom stereocenters. The third-order valence-corrected chi connectivity index (χ3v) is 6.99. The van der Waals surface area contributed by atoms with Gasteiger partial charge in [-0.15, -0.1) is 11.6 Å². The highest BCUT2D eigenvalue weighted by Gasteiger charge is 2.60. The van der Waals surface area contributed by atoms with Gasteiger partial charge in [-0.05, 0) is 63.2 Å². The molecule has 4 saturated carbocycles. The minimum absolute atomic E-state index is 0.0450. The largest absolute Gasteiger partial charge is 0.455 e. The normalized spacial score (nSPS) is 38.1. The summed E-state index contributed by atoms with van der Waals surface area (Å²) in [6, 6.07) is 2.12. The van der Waals surface area contributed by atoms with Crippen LogP contribution in [0.15, 0.2) is 0 Å². The second-order valence-corrected chi connectivity index (χ2v) is 9.79. The first-order valence-corrected chi connectivity index (χ1v) is 9.56. The van der Waals surface area contributed by atoms with E-state index in [0.29, 0.717) is 18.3 Å². The molecular weight excluding hydrogens is 340 g/mol. The Morgan fingerprint density at radius 3 is 2.40 bits per heavy atom. The Morgan fingerprint density at radius 2 is 1.92 bits per heavy atom. The van der Waals surface area contributed by atoms with E-state index in [2.05, 4.69) is 11.4 Å². The lowest BCUT2D eigenvalue weighted by molar-refractivity contribution is -0.172. The number of carbonyl (C=O) groups is 2. The van der Waals surface area contributed by atoms with Crippen molar-refractivity contribution in [1.29, 1.82) is 5.26 Å². The Labute approximate surface area is 154 Å². The topological polar surface area (TPSA) is 79.2 Å². The molecular formula is C19H27ClN2O3. The van der Waals surface area contributed by atoms with Crippen LogP contribution in [0.3, 0.4) is 0 Å². The van der Waals surface area contributed by atoms with Gasteiger partial charge >= 0.3 is 5.97 Å². The molecule has 4 bridgehead atoms. The average Bonchev–Trinajstić information content (AvgIpc) is 2.49. The molecule has 0 aliphatic heterocycles. The van der Waals surface area contributed by atoms with Crippen molar-refractivity contribution in [2.45, 2.75) is 69.7 Å². The number of rotatable bonds is 5. The summed E-state index contributed by atoms with van der Waals surface area (Å²) in [7, 11) is 0. The van der Waals surface area contributed by atoms with Gasteiger partial charge in [-0.3, -0.25) is 9.59 Å². The Bertz CT molecular complexity index is 613. The van der Waals surface area contributed by atoms with E-state index in [4.69, 9.17) is 16.3 Å². The molecule has 0 aromatic carbocycles. The highest BCUT2D eigenvalue weighted by atomic mass is 35.5. The smallest absolute Gasteiger partial charge is 0.312 e. The number of nitrogens with zero attached hydrogens (tertiary/aromatic N) is 1. The molecule has 25 heavy (non-hydrogen) atoms. The summed E-state index contributed by atoms with van der Waals surface area (Å²) in [5.41, 5.74) is -1.48. The van der Waals surface area contributed by atoms with Crippen LogP contribution in [0.4, 0.5) is 0 Å². The van der Waals surface area contributed by atoms with Crippen molar-refractivity contribution in [3.05, 3.63) is 0 Å². The summed E-state index contributed by atoms with van der Waals surface area (Å²) in [5.74, 6) is 0.240. The van der Waals surface area contributed by atoms with Crippen molar-refractivity contribution in [1.82, 2.24) is 5.32 Å². The molecule has 5 atom stereocenters. The van der Waals surface area contributed by atoms with Crippen LogP contribution in [-0.4, -0.2) is 28.9 Å². The third-order valence-electron chi connectivity index (χ3n) is 6.54. The Hall–Kier alpha value is -1.28. The van der Waals surface area contributed by atoms with Gasteiger partial charge in [-0.25, -0.2) is 0 Å². The van der Waals surface area contributed by atoms with Crippen LogP contribution in [0.1, 0.15) is 59.3 Å². The molecule has 0 aromatic rings. The molecule has 5 nitrogen and oxygen atoms in total. The number of hydrogen-bond acceptors (Lipinski definition) is 4. The lowest BCUT2D eigenvalue weighted by Crippen LogP contribution is -2.57. The molecule has 4 aliphatic rings. The first kappa shape index (κ1) is 18.5. The van der Waals surface area contributed by atoms with E-state index in [1.165, 1.54) is 6.42 Å². The number of nitriles is 1. The molecule has 4 aliphatic carbocycles. The Balaban J connectivity index is 1.60. The molecule has 0 aromatic heterocycles. The molecule has 0 saturated heterocycles. The quantitative estimate of drug-likeness (QED) is 0.598. The van der Waals surface area contributed by atoms with E-state index in [-0.39, 0.29) is 23.4 Å². The predicted molar refractivity (Wildman–Crippen MR) is 93.7 cm³/mol. The summed E-state index contributed by atoms with van der Waals surface area (Å²) < 4.78 is 5.38. The summed E-state index contributed by atoms with van der Waals surface area (Å²) in [5, 5.41) is 12.0. The zero-order chi connectivity index (χ0) is 18.5. The number of hydrogen-bond donors (Lipinski definition) is 1. The molecule has 1 amide bonds. The van der Waals surface area contributed by atoms with Crippen LogP contribution in [0.25, 0.3) is 0 Å². The SMILES string of the molecule is CC(C)[C@@](C)(C#N)NC(=O)COC(=O)C12C[C@@H]3C[C@@H](CC(Cl)(C3)C1)C2. The van der Waals surface area contributed by atoms with Gasteiger partial charge < -0.3 is 10.1 Å². The fraction of sp³-hybridized carbons (Fsp3) is 0.842. The molecule has 0 spiro atoms. The van der Waals surface area contributed by atoms with Gasteiger partial charge in [0.05, 0.1) is 11.5 Å². The van der Waals surface area contributed by atoms with Crippen LogP contribution in [-0.2, 0) is 14.3 Å². The van der Waals surface area contributed by atoms with Gasteiger partial charge in [0.25, 0.3) is 5.91 Å². The molecule has 0 radical (unpaired) electrons. The van der Waals surface area contributed by atoms with E-state index < -0.39 is 16.9 Å². The van der Waals surface area contributed by atoms with Crippen molar-refractivity contribution >= 4 is 23.5 Å². The van der Waals surface area contributed by atoms with E-state index in [9.17, 15) is 14.9 Å². The third kappa shape index (κ3) is 3.38. The van der Waals surface area contributed by atoms with Crippen LogP contribution < -0.4 is 5.32 Å². The number of esters is 1. The van der Waals surface area contributed by atoms with E-state index in [0.717, 1.165) is 25.7 Å². The van der Waals surface area contributed by atoms with E-state index in [1.807, 2.05) is 13.8 Å². The number of amides is 1. The molecule has 6 heteroatoms. The molecule has 4 fully saturated rings. The molecule has 4 rings (SSSR count). The monoisotopic (exact) mass is 366 g/mol. The van der Waals surface area contributed by atoms with Crippen molar-refractivity contribution in [2.75, 3.05) is 6.61 Å². The fourth-order valence-electron chi connectivity index (χ4n) is 5.30. The average molecular weight is 367 g/mol. The minimum atomic E-state index is -0.968. The number of carbonyl (C=O) groups excluding carboxylic acids is 2. The van der Waals surface area contributed by atoms with Crippen LogP contribution in [0, 0.1) is 34.5 Å². The molecule has 138 valence electrons. The highest BCUT2D eigenvalue weighted by Crippen LogP contribution is 2.64. The number of alkyl halides is 1. The maximum atomic E-state index is 12.8. The lowest BCUT2D eigenvalue weighted by Gasteiger charge is -2.58. The first-order chi connectivity index (χ1) is 11.6. The van der Waals surface area contributed by atoms with Gasteiger partial charge in [-0.1, -0.05) is 13.8 Å².